The Morgan fingerprint density at radius 3 is 2.56 bits per heavy atom. The normalized spacial score (nSPS) is 18.1. The van der Waals surface area contributed by atoms with E-state index in [-0.39, 0.29) is 0 Å². The molecule has 1 aromatic rings. The molecule has 0 atom stereocenters. The summed E-state index contributed by atoms with van der Waals surface area (Å²) in [5.74, 6) is 1.93. The highest BCUT2D eigenvalue weighted by Gasteiger charge is 2.21. The van der Waals surface area contributed by atoms with E-state index in [1.165, 1.54) is 12.8 Å². The predicted molar refractivity (Wildman–Crippen MR) is 65.7 cm³/mol. The second kappa shape index (κ2) is 4.78. The van der Waals surface area contributed by atoms with Crippen LogP contribution >= 0.6 is 0 Å². The average Bonchev–Trinajstić information content (AvgIpc) is 2.29. The van der Waals surface area contributed by atoms with Crippen LogP contribution in [0.3, 0.4) is 0 Å². The van der Waals surface area contributed by atoms with Crippen LogP contribution in [0.1, 0.15) is 18.7 Å². The monoisotopic (exact) mass is 220 g/mol. The van der Waals surface area contributed by atoms with Crippen molar-refractivity contribution in [2.24, 2.45) is 0 Å². The summed E-state index contributed by atoms with van der Waals surface area (Å²) < 4.78 is 0. The lowest BCUT2D eigenvalue weighted by molar-refractivity contribution is 0.249. The first kappa shape index (κ1) is 11.3. The Balaban J connectivity index is 1.99. The first-order valence-electron chi connectivity index (χ1n) is 5.88. The fourth-order valence-corrected chi connectivity index (χ4v) is 2.23. The quantitative estimate of drug-likeness (QED) is 0.752. The van der Waals surface area contributed by atoms with Gasteiger partial charge in [-0.15, -0.1) is 0 Å². The Kier molecular flexibility index (Phi) is 3.39. The summed E-state index contributed by atoms with van der Waals surface area (Å²) in [6.07, 6.45) is 4.28. The summed E-state index contributed by atoms with van der Waals surface area (Å²) in [5.41, 5.74) is 0. The molecule has 0 aliphatic carbocycles. The summed E-state index contributed by atoms with van der Waals surface area (Å²) in [5, 5.41) is 0. The standard InChI is InChI=1S/C12H20N4/c1-10-13-7-4-12(14-10)16-8-5-11(6-9-16)15(2)3/h4,7,11H,5-6,8-9H2,1-3H3. The van der Waals surface area contributed by atoms with Crippen LogP contribution in [-0.2, 0) is 0 Å². The van der Waals surface area contributed by atoms with Crippen LogP contribution in [0.5, 0.6) is 0 Å². The molecule has 0 amide bonds. The van der Waals surface area contributed by atoms with Gasteiger partial charge in [0, 0.05) is 25.3 Å². The van der Waals surface area contributed by atoms with E-state index in [1.807, 2.05) is 19.2 Å². The average molecular weight is 220 g/mol. The number of anilines is 1. The lowest BCUT2D eigenvalue weighted by atomic mass is 10.0. The van der Waals surface area contributed by atoms with Crippen molar-refractivity contribution in [2.45, 2.75) is 25.8 Å². The Morgan fingerprint density at radius 1 is 1.31 bits per heavy atom. The predicted octanol–water partition coefficient (Wildman–Crippen LogP) is 1.32. The molecule has 1 fully saturated rings. The number of aromatic nitrogens is 2. The maximum absolute atomic E-state index is 4.47. The molecule has 0 spiro atoms. The van der Waals surface area contributed by atoms with E-state index in [0.29, 0.717) is 0 Å². The van der Waals surface area contributed by atoms with Crippen LogP contribution in [0.25, 0.3) is 0 Å². The molecule has 4 nitrogen and oxygen atoms in total. The van der Waals surface area contributed by atoms with Gasteiger partial charge in [-0.25, -0.2) is 9.97 Å². The summed E-state index contributed by atoms with van der Waals surface area (Å²) >= 11 is 0. The number of rotatable bonds is 2. The van der Waals surface area contributed by atoms with Crippen LogP contribution in [0, 0.1) is 6.92 Å². The smallest absolute Gasteiger partial charge is 0.132 e. The highest BCUT2D eigenvalue weighted by atomic mass is 15.2. The number of aryl methyl sites for hydroxylation is 1. The van der Waals surface area contributed by atoms with Gasteiger partial charge in [0.25, 0.3) is 0 Å². The van der Waals surface area contributed by atoms with Crippen molar-refractivity contribution >= 4 is 5.82 Å². The third kappa shape index (κ3) is 2.50. The first-order valence-corrected chi connectivity index (χ1v) is 5.88. The minimum atomic E-state index is 0.721. The van der Waals surface area contributed by atoms with Gasteiger partial charge in [-0.3, -0.25) is 0 Å². The van der Waals surface area contributed by atoms with E-state index >= 15 is 0 Å². The number of hydrogen-bond acceptors (Lipinski definition) is 4. The van der Waals surface area contributed by atoms with E-state index in [1.54, 1.807) is 0 Å². The van der Waals surface area contributed by atoms with Crippen molar-refractivity contribution in [3.63, 3.8) is 0 Å². The zero-order valence-electron chi connectivity index (χ0n) is 10.3. The maximum atomic E-state index is 4.47. The van der Waals surface area contributed by atoms with Crippen LogP contribution in [0.15, 0.2) is 12.3 Å². The van der Waals surface area contributed by atoms with Crippen LogP contribution < -0.4 is 4.90 Å². The van der Waals surface area contributed by atoms with Crippen molar-refractivity contribution in [3.05, 3.63) is 18.1 Å². The molecule has 0 saturated carbocycles. The van der Waals surface area contributed by atoms with Crippen molar-refractivity contribution in [3.8, 4) is 0 Å². The molecule has 1 aromatic heterocycles. The first-order chi connectivity index (χ1) is 7.66. The van der Waals surface area contributed by atoms with E-state index in [2.05, 4.69) is 33.9 Å². The van der Waals surface area contributed by atoms with Gasteiger partial charge in [-0.05, 0) is 39.9 Å². The Hall–Kier alpha value is -1.16. The molecule has 1 saturated heterocycles. The molecule has 0 aromatic carbocycles. The summed E-state index contributed by atoms with van der Waals surface area (Å²) in [7, 11) is 4.32. The zero-order chi connectivity index (χ0) is 11.5. The molecule has 0 N–H and O–H groups in total. The molecule has 2 rings (SSSR count). The Labute approximate surface area is 97.3 Å². The summed E-state index contributed by atoms with van der Waals surface area (Å²) in [4.78, 5) is 13.3. The van der Waals surface area contributed by atoms with Gasteiger partial charge in [-0.2, -0.15) is 0 Å². The topological polar surface area (TPSA) is 32.3 Å². The number of piperidine rings is 1. The van der Waals surface area contributed by atoms with Gasteiger partial charge in [0.2, 0.25) is 0 Å². The zero-order valence-corrected chi connectivity index (χ0v) is 10.3. The van der Waals surface area contributed by atoms with Crippen molar-refractivity contribution < 1.29 is 0 Å². The van der Waals surface area contributed by atoms with E-state index < -0.39 is 0 Å². The minimum Gasteiger partial charge on any atom is -0.356 e. The molecule has 88 valence electrons. The molecule has 4 heteroatoms. The molecule has 16 heavy (non-hydrogen) atoms. The van der Waals surface area contributed by atoms with Crippen molar-refractivity contribution in [2.75, 3.05) is 32.1 Å². The van der Waals surface area contributed by atoms with Crippen molar-refractivity contribution in [1.82, 2.24) is 14.9 Å². The second-order valence-electron chi connectivity index (χ2n) is 4.64. The molecule has 0 bridgehead atoms. The minimum absolute atomic E-state index is 0.721. The SMILES string of the molecule is Cc1nccc(N2CCC(N(C)C)CC2)n1. The highest BCUT2D eigenvalue weighted by molar-refractivity contribution is 5.37. The third-order valence-corrected chi connectivity index (χ3v) is 3.28. The third-order valence-electron chi connectivity index (χ3n) is 3.28. The van der Waals surface area contributed by atoms with E-state index in [4.69, 9.17) is 0 Å². The van der Waals surface area contributed by atoms with Crippen LogP contribution in [-0.4, -0.2) is 48.1 Å². The lowest BCUT2D eigenvalue weighted by Gasteiger charge is -2.35. The summed E-state index contributed by atoms with van der Waals surface area (Å²) in [6, 6.07) is 2.72. The molecular formula is C12H20N4. The van der Waals surface area contributed by atoms with Gasteiger partial charge in [0.05, 0.1) is 0 Å². The number of hydrogen-bond donors (Lipinski definition) is 0. The summed E-state index contributed by atoms with van der Waals surface area (Å²) in [6.45, 7) is 4.13. The van der Waals surface area contributed by atoms with Crippen molar-refractivity contribution in [1.29, 1.82) is 0 Å². The molecule has 1 aliphatic heterocycles. The molecular weight excluding hydrogens is 200 g/mol. The van der Waals surface area contributed by atoms with Gasteiger partial charge < -0.3 is 9.80 Å². The molecule has 0 radical (unpaired) electrons. The lowest BCUT2D eigenvalue weighted by Crippen LogP contribution is -2.42. The fraction of sp³-hybridized carbons (Fsp3) is 0.667. The fourth-order valence-electron chi connectivity index (χ4n) is 2.23. The second-order valence-corrected chi connectivity index (χ2v) is 4.64. The van der Waals surface area contributed by atoms with E-state index in [9.17, 15) is 0 Å². The van der Waals surface area contributed by atoms with Gasteiger partial charge in [0.15, 0.2) is 0 Å². The maximum Gasteiger partial charge on any atom is 0.132 e. The molecule has 2 heterocycles. The van der Waals surface area contributed by atoms with Crippen LogP contribution in [0.4, 0.5) is 5.82 Å². The Morgan fingerprint density at radius 2 is 2.00 bits per heavy atom. The molecule has 0 unspecified atom stereocenters. The van der Waals surface area contributed by atoms with E-state index in [0.717, 1.165) is 30.8 Å². The van der Waals surface area contributed by atoms with Gasteiger partial charge in [-0.1, -0.05) is 0 Å². The van der Waals surface area contributed by atoms with Gasteiger partial charge in [0.1, 0.15) is 11.6 Å². The Bertz CT molecular complexity index is 343. The highest BCUT2D eigenvalue weighted by Crippen LogP contribution is 2.19. The largest absolute Gasteiger partial charge is 0.356 e. The van der Waals surface area contributed by atoms with Gasteiger partial charge >= 0.3 is 0 Å². The number of nitrogens with zero attached hydrogens (tertiary/aromatic N) is 4. The molecule has 1 aliphatic rings. The van der Waals surface area contributed by atoms with Crippen LogP contribution in [0.2, 0.25) is 0 Å².